The van der Waals surface area contributed by atoms with Crippen LogP contribution in [0.5, 0.6) is 0 Å². The van der Waals surface area contributed by atoms with Crippen molar-refractivity contribution < 1.29 is 34.2 Å². The number of hydrogen-bond donors (Lipinski definition) is 2. The van der Waals surface area contributed by atoms with Gasteiger partial charge in [0.25, 0.3) is 0 Å². The molecule has 4 rings (SSSR count). The Hall–Kier alpha value is -1.87. The third-order valence-electron chi connectivity index (χ3n) is 9.62. The summed E-state index contributed by atoms with van der Waals surface area (Å²) in [4.78, 5) is 44.0. The molecule has 0 aromatic heterocycles. The van der Waals surface area contributed by atoms with Crippen LogP contribution in [0.2, 0.25) is 0 Å². The first kappa shape index (κ1) is 26.2. The van der Waals surface area contributed by atoms with Crippen LogP contribution in [0.15, 0.2) is 23.5 Å². The molecule has 4 aliphatic rings. The summed E-state index contributed by atoms with van der Waals surface area (Å²) in [5, 5.41) is 23.2. The molecule has 0 bridgehead atoms. The minimum Gasteiger partial charge on any atom is -0.430 e. The summed E-state index contributed by atoms with van der Waals surface area (Å²) < 4.78 is 5.68. The van der Waals surface area contributed by atoms with Gasteiger partial charge >= 0.3 is 5.97 Å². The minimum atomic E-state index is -1.61. The quantitative estimate of drug-likeness (QED) is 0.415. The number of carbonyl (C=O) groups is 3. The van der Waals surface area contributed by atoms with Gasteiger partial charge in [-0.25, -0.2) is 0 Å². The van der Waals surface area contributed by atoms with Gasteiger partial charge in [0.2, 0.25) is 0 Å². The van der Waals surface area contributed by atoms with Crippen LogP contribution in [0.25, 0.3) is 0 Å². The second-order valence-electron chi connectivity index (χ2n) is 11.1. The summed E-state index contributed by atoms with van der Waals surface area (Å²) in [5.41, 5.74) is -2.15. The maximum absolute atomic E-state index is 12.8. The Kier molecular flexibility index (Phi) is 6.90. The Morgan fingerprint density at radius 1 is 1.17 bits per heavy atom. The fourth-order valence-corrected chi connectivity index (χ4v) is 7.91. The average molecular weight is 490 g/mol. The molecule has 3 saturated carbocycles. The number of nitrogens with zero attached hydrogens (tertiary/aromatic N) is 1. The zero-order valence-corrected chi connectivity index (χ0v) is 21.5. The summed E-state index contributed by atoms with van der Waals surface area (Å²) in [6, 6.07) is 0. The molecule has 194 valence electrons. The van der Waals surface area contributed by atoms with E-state index in [4.69, 9.17) is 9.57 Å². The van der Waals surface area contributed by atoms with Gasteiger partial charge in [0.15, 0.2) is 11.6 Å². The average Bonchev–Trinajstić information content (AvgIpc) is 3.08. The molecular weight excluding hydrogens is 450 g/mol. The number of allylic oxidation sites excluding steroid dienone is 3. The van der Waals surface area contributed by atoms with Crippen molar-refractivity contribution in [2.24, 2.45) is 28.6 Å². The topological polar surface area (TPSA) is 113 Å². The van der Waals surface area contributed by atoms with Crippen molar-refractivity contribution >= 4 is 17.5 Å². The van der Waals surface area contributed by atoms with Crippen LogP contribution in [0.1, 0.15) is 66.7 Å². The van der Waals surface area contributed by atoms with Gasteiger partial charge in [-0.15, -0.1) is 0 Å². The zero-order chi connectivity index (χ0) is 25.8. The van der Waals surface area contributed by atoms with E-state index in [9.17, 15) is 24.6 Å². The van der Waals surface area contributed by atoms with E-state index in [2.05, 4.69) is 0 Å². The summed E-state index contributed by atoms with van der Waals surface area (Å²) in [6.45, 7) is 9.99. The van der Waals surface area contributed by atoms with Crippen LogP contribution in [-0.4, -0.2) is 64.2 Å². The fourth-order valence-electron chi connectivity index (χ4n) is 7.91. The monoisotopic (exact) mass is 489 g/mol. The van der Waals surface area contributed by atoms with Gasteiger partial charge in [0.1, 0.15) is 18.0 Å². The van der Waals surface area contributed by atoms with E-state index < -0.39 is 40.9 Å². The van der Waals surface area contributed by atoms with E-state index in [1.165, 1.54) is 13.0 Å². The van der Waals surface area contributed by atoms with Gasteiger partial charge in [-0.2, -0.15) is 5.06 Å². The predicted molar refractivity (Wildman–Crippen MR) is 128 cm³/mol. The number of esters is 1. The highest BCUT2D eigenvalue weighted by atomic mass is 16.7. The molecule has 0 aromatic rings. The number of ketones is 2. The van der Waals surface area contributed by atoms with Crippen molar-refractivity contribution in [2.75, 3.05) is 19.7 Å². The number of hydrogen-bond acceptors (Lipinski definition) is 8. The van der Waals surface area contributed by atoms with Gasteiger partial charge in [-0.05, 0) is 56.9 Å². The highest BCUT2D eigenvalue weighted by Crippen LogP contribution is 2.68. The van der Waals surface area contributed by atoms with E-state index in [-0.39, 0.29) is 23.5 Å². The molecule has 8 heteroatoms. The Balaban J connectivity index is 1.85. The molecule has 0 saturated heterocycles. The number of fused-ring (bicyclic) bond motifs is 5. The summed E-state index contributed by atoms with van der Waals surface area (Å²) in [6.07, 6.45) is 5.55. The highest BCUT2D eigenvalue weighted by molar-refractivity contribution is 6.02. The van der Waals surface area contributed by atoms with E-state index >= 15 is 0 Å². The van der Waals surface area contributed by atoms with Crippen molar-refractivity contribution in [3.05, 3.63) is 23.5 Å². The molecule has 7 atom stereocenters. The highest BCUT2D eigenvalue weighted by Gasteiger charge is 2.69. The van der Waals surface area contributed by atoms with Crippen LogP contribution < -0.4 is 0 Å². The van der Waals surface area contributed by atoms with E-state index in [0.29, 0.717) is 44.5 Å². The van der Waals surface area contributed by atoms with Gasteiger partial charge < -0.3 is 14.9 Å². The molecular formula is C27H39NO7. The number of carbonyl (C=O) groups excluding carboxylic acids is 3. The number of aliphatic hydroxyl groups is 2. The largest absolute Gasteiger partial charge is 0.430 e. The minimum absolute atomic E-state index is 0.0270. The molecule has 0 unspecified atom stereocenters. The molecule has 4 aliphatic carbocycles. The van der Waals surface area contributed by atoms with Crippen molar-refractivity contribution in [1.29, 1.82) is 0 Å². The van der Waals surface area contributed by atoms with Crippen LogP contribution in [-0.2, 0) is 24.0 Å². The molecule has 0 aromatic carbocycles. The smallest absolute Gasteiger partial charge is 0.307 e. The molecule has 0 aliphatic heterocycles. The number of rotatable bonds is 7. The fraction of sp³-hybridized carbons (Fsp3) is 0.741. The lowest BCUT2D eigenvalue weighted by molar-refractivity contribution is -0.264. The predicted octanol–water partition coefficient (Wildman–Crippen LogP) is 2.73. The molecule has 35 heavy (non-hydrogen) atoms. The van der Waals surface area contributed by atoms with E-state index in [1.807, 2.05) is 32.8 Å². The second-order valence-corrected chi connectivity index (χ2v) is 11.1. The summed E-state index contributed by atoms with van der Waals surface area (Å²) in [7, 11) is 0. The lowest BCUT2D eigenvalue weighted by atomic mass is 9.45. The first-order chi connectivity index (χ1) is 16.5. The van der Waals surface area contributed by atoms with Gasteiger partial charge in [0.05, 0.1) is 11.5 Å². The summed E-state index contributed by atoms with van der Waals surface area (Å²) >= 11 is 0. The van der Waals surface area contributed by atoms with Crippen molar-refractivity contribution in [1.82, 2.24) is 5.06 Å². The van der Waals surface area contributed by atoms with E-state index in [1.54, 1.807) is 6.08 Å². The molecule has 0 heterocycles. The molecule has 2 N–H and O–H groups in total. The lowest BCUT2D eigenvalue weighted by Crippen LogP contribution is -2.63. The molecule has 0 spiro atoms. The van der Waals surface area contributed by atoms with Crippen LogP contribution >= 0.6 is 0 Å². The van der Waals surface area contributed by atoms with Crippen molar-refractivity contribution in [2.45, 2.75) is 78.4 Å². The molecule has 3 fully saturated rings. The Labute approximate surface area is 207 Å². The first-order valence-corrected chi connectivity index (χ1v) is 12.9. The molecule has 8 nitrogen and oxygen atoms in total. The second kappa shape index (κ2) is 9.21. The molecule has 0 amide bonds. The number of hydroxylamine groups is 2. The lowest BCUT2D eigenvalue weighted by Gasteiger charge is -2.61. The SMILES string of the molecule is CCN(CC)O[C@H]1C[C@@]2(C)[C@@H](CC[C@]2(O)C(=O)CO)[C@@H]2CCC3=CC(=O)C=C(OC(C)=O)[C@]3(C)[C@H]21. The van der Waals surface area contributed by atoms with Crippen LogP contribution in [0.4, 0.5) is 0 Å². The standard InChI is InChI=1S/C27H39NO7/c1-6-28(7-2)35-21-14-25(4)20(10-11-27(25,33)22(32)15-29)19-9-8-17-12-18(31)13-23(34-16(3)30)26(17,5)24(19)21/h12-13,19-21,24,29,33H,6-11,14-15H2,1-5H3/t19-,20-,21-,24+,25-,26+,27-/m0/s1. The summed E-state index contributed by atoms with van der Waals surface area (Å²) in [5.74, 6) is -0.848. The number of aliphatic hydroxyl groups excluding tert-OH is 1. The Morgan fingerprint density at radius 3 is 2.46 bits per heavy atom. The third kappa shape index (κ3) is 3.84. The van der Waals surface area contributed by atoms with Gasteiger partial charge in [-0.3, -0.25) is 19.2 Å². The van der Waals surface area contributed by atoms with Gasteiger partial charge in [0, 0.05) is 37.4 Å². The van der Waals surface area contributed by atoms with Crippen molar-refractivity contribution in [3.63, 3.8) is 0 Å². The molecule has 0 radical (unpaired) electrons. The normalized spacial score (nSPS) is 40.4. The number of ether oxygens (including phenoxy) is 1. The maximum Gasteiger partial charge on any atom is 0.307 e. The Morgan fingerprint density at radius 2 is 1.86 bits per heavy atom. The third-order valence-corrected chi connectivity index (χ3v) is 9.62. The maximum atomic E-state index is 12.8. The van der Waals surface area contributed by atoms with Gasteiger partial charge in [-0.1, -0.05) is 26.3 Å². The van der Waals surface area contributed by atoms with Crippen molar-refractivity contribution in [3.8, 4) is 0 Å². The van der Waals surface area contributed by atoms with Crippen LogP contribution in [0.3, 0.4) is 0 Å². The van der Waals surface area contributed by atoms with Crippen LogP contribution in [0, 0.1) is 28.6 Å². The zero-order valence-electron chi connectivity index (χ0n) is 21.5. The number of Topliss-reactive ketones (excluding diaryl/α,β-unsaturated/α-hetero) is 1. The van der Waals surface area contributed by atoms with E-state index in [0.717, 1.165) is 12.0 Å². The Bertz CT molecular complexity index is 969. The first-order valence-electron chi connectivity index (χ1n) is 12.9.